The molecule has 0 bridgehead atoms. The van der Waals surface area contributed by atoms with Crippen LogP contribution in [0.1, 0.15) is 18.5 Å². The molecule has 2 aromatic heterocycles. The minimum Gasteiger partial charge on any atom is -0.393 e. The Balaban J connectivity index is 1.77. The van der Waals surface area contributed by atoms with Gasteiger partial charge in [0.05, 0.1) is 6.10 Å². The number of fused-ring (bicyclic) bond motifs is 1. The molecule has 90 valence electrons. The number of hydrogen-bond acceptors (Lipinski definition) is 5. The Bertz CT molecular complexity index is 532. The minimum absolute atomic E-state index is 0.104. The van der Waals surface area contributed by atoms with Gasteiger partial charge in [-0.1, -0.05) is 0 Å². The molecule has 0 spiro atoms. The second-order valence-electron chi connectivity index (χ2n) is 4.63. The number of aliphatic hydroxyl groups excluding tert-OH is 1. The van der Waals surface area contributed by atoms with Crippen molar-refractivity contribution in [1.29, 1.82) is 0 Å². The number of hydrogen-bond donors (Lipinski definition) is 2. The van der Waals surface area contributed by atoms with Gasteiger partial charge < -0.3 is 10.4 Å². The zero-order valence-corrected chi connectivity index (χ0v) is 9.67. The summed E-state index contributed by atoms with van der Waals surface area (Å²) in [7, 11) is 0. The van der Waals surface area contributed by atoms with Crippen LogP contribution >= 0.6 is 0 Å². The summed E-state index contributed by atoms with van der Waals surface area (Å²) in [5.41, 5.74) is 0.918. The molecule has 3 rings (SSSR count). The van der Waals surface area contributed by atoms with E-state index >= 15 is 0 Å². The van der Waals surface area contributed by atoms with Gasteiger partial charge in [0.25, 0.3) is 5.78 Å². The van der Waals surface area contributed by atoms with Crippen LogP contribution in [-0.4, -0.2) is 37.3 Å². The average molecular weight is 233 g/mol. The van der Waals surface area contributed by atoms with Crippen molar-refractivity contribution >= 4 is 11.6 Å². The van der Waals surface area contributed by atoms with Gasteiger partial charge in [0, 0.05) is 18.3 Å². The first-order valence-electron chi connectivity index (χ1n) is 5.81. The summed E-state index contributed by atoms with van der Waals surface area (Å²) in [6, 6.07) is 1.96. The topological polar surface area (TPSA) is 75.3 Å². The fraction of sp³-hybridized carbons (Fsp3) is 0.545. The summed E-state index contributed by atoms with van der Waals surface area (Å²) in [4.78, 5) is 8.35. The lowest BCUT2D eigenvalue weighted by atomic mass is 9.82. The SMILES string of the molecule is Cc1cc(NCC2CC(O)C2)n2ncnc2n1. The fourth-order valence-electron chi connectivity index (χ4n) is 2.17. The fourth-order valence-corrected chi connectivity index (χ4v) is 2.17. The van der Waals surface area contributed by atoms with Crippen molar-refractivity contribution in [1.82, 2.24) is 19.6 Å². The average Bonchev–Trinajstić information content (AvgIpc) is 2.70. The maximum absolute atomic E-state index is 9.23. The van der Waals surface area contributed by atoms with E-state index in [2.05, 4.69) is 20.4 Å². The van der Waals surface area contributed by atoms with Crippen molar-refractivity contribution in [3.05, 3.63) is 18.1 Å². The molecule has 1 saturated carbocycles. The number of aliphatic hydroxyl groups is 1. The molecule has 2 heterocycles. The molecule has 6 nitrogen and oxygen atoms in total. The highest BCUT2D eigenvalue weighted by molar-refractivity contribution is 5.44. The van der Waals surface area contributed by atoms with Crippen LogP contribution in [0.3, 0.4) is 0 Å². The number of nitrogens with one attached hydrogen (secondary N) is 1. The van der Waals surface area contributed by atoms with Gasteiger partial charge in [-0.25, -0.2) is 4.98 Å². The first-order valence-corrected chi connectivity index (χ1v) is 5.81. The van der Waals surface area contributed by atoms with Crippen LogP contribution in [0.15, 0.2) is 12.4 Å². The predicted octanol–water partition coefficient (Wildman–Crippen LogP) is 0.616. The van der Waals surface area contributed by atoms with Gasteiger partial charge in [0.1, 0.15) is 12.1 Å². The summed E-state index contributed by atoms with van der Waals surface area (Å²) in [6.45, 7) is 2.79. The summed E-state index contributed by atoms with van der Waals surface area (Å²) >= 11 is 0. The Labute approximate surface area is 98.7 Å². The van der Waals surface area contributed by atoms with Crippen LogP contribution in [-0.2, 0) is 0 Å². The lowest BCUT2D eigenvalue weighted by molar-refractivity contribution is 0.0486. The van der Waals surface area contributed by atoms with Crippen LogP contribution < -0.4 is 5.32 Å². The molecule has 2 aromatic rings. The van der Waals surface area contributed by atoms with Crippen molar-refractivity contribution in [2.45, 2.75) is 25.9 Å². The van der Waals surface area contributed by atoms with Crippen LogP contribution in [0.4, 0.5) is 5.82 Å². The van der Waals surface area contributed by atoms with E-state index in [1.165, 1.54) is 6.33 Å². The molecule has 2 N–H and O–H groups in total. The smallest absolute Gasteiger partial charge is 0.254 e. The Morgan fingerprint density at radius 2 is 2.35 bits per heavy atom. The van der Waals surface area contributed by atoms with Crippen molar-refractivity contribution < 1.29 is 5.11 Å². The summed E-state index contributed by atoms with van der Waals surface area (Å²) < 4.78 is 1.70. The number of nitrogens with zero attached hydrogens (tertiary/aromatic N) is 4. The van der Waals surface area contributed by atoms with E-state index in [9.17, 15) is 5.11 Å². The number of anilines is 1. The number of rotatable bonds is 3. The van der Waals surface area contributed by atoms with E-state index in [-0.39, 0.29) is 6.10 Å². The molecular formula is C11H15N5O. The number of aromatic nitrogens is 4. The Kier molecular flexibility index (Phi) is 2.44. The maximum Gasteiger partial charge on any atom is 0.254 e. The van der Waals surface area contributed by atoms with Crippen molar-refractivity contribution in [3.8, 4) is 0 Å². The highest BCUT2D eigenvalue weighted by atomic mass is 16.3. The first-order chi connectivity index (χ1) is 8.22. The van der Waals surface area contributed by atoms with Crippen molar-refractivity contribution in [2.24, 2.45) is 5.92 Å². The van der Waals surface area contributed by atoms with Crippen molar-refractivity contribution in [2.75, 3.05) is 11.9 Å². The highest BCUT2D eigenvalue weighted by Gasteiger charge is 2.26. The van der Waals surface area contributed by atoms with E-state index in [1.54, 1.807) is 4.52 Å². The number of aryl methyl sites for hydroxylation is 1. The van der Waals surface area contributed by atoms with Crippen LogP contribution in [0.2, 0.25) is 0 Å². The predicted molar refractivity (Wildman–Crippen MR) is 62.7 cm³/mol. The largest absolute Gasteiger partial charge is 0.393 e. The second-order valence-corrected chi connectivity index (χ2v) is 4.63. The molecule has 0 aromatic carbocycles. The van der Waals surface area contributed by atoms with Gasteiger partial charge in [0.15, 0.2) is 0 Å². The molecule has 0 radical (unpaired) electrons. The van der Waals surface area contributed by atoms with Gasteiger partial charge >= 0.3 is 0 Å². The van der Waals surface area contributed by atoms with E-state index in [0.717, 1.165) is 30.9 Å². The van der Waals surface area contributed by atoms with Crippen LogP contribution in [0.5, 0.6) is 0 Å². The quantitative estimate of drug-likeness (QED) is 0.812. The Hall–Kier alpha value is -1.69. The van der Waals surface area contributed by atoms with Crippen LogP contribution in [0, 0.1) is 12.8 Å². The van der Waals surface area contributed by atoms with Gasteiger partial charge in [-0.15, -0.1) is 0 Å². The normalized spacial score (nSPS) is 23.6. The minimum atomic E-state index is -0.104. The zero-order chi connectivity index (χ0) is 11.8. The lowest BCUT2D eigenvalue weighted by Gasteiger charge is -2.31. The van der Waals surface area contributed by atoms with Gasteiger partial charge in [-0.2, -0.15) is 14.6 Å². The molecule has 6 heteroatoms. The second kappa shape index (κ2) is 3.96. The first kappa shape index (κ1) is 10.5. The molecule has 1 fully saturated rings. The van der Waals surface area contributed by atoms with E-state index in [4.69, 9.17) is 0 Å². The van der Waals surface area contributed by atoms with Gasteiger partial charge in [0.2, 0.25) is 0 Å². The third-order valence-corrected chi connectivity index (χ3v) is 3.16. The van der Waals surface area contributed by atoms with Gasteiger partial charge in [-0.3, -0.25) is 0 Å². The molecule has 0 unspecified atom stereocenters. The van der Waals surface area contributed by atoms with E-state index in [1.807, 2.05) is 13.0 Å². The molecule has 0 atom stereocenters. The lowest BCUT2D eigenvalue weighted by Crippen LogP contribution is -2.33. The van der Waals surface area contributed by atoms with Gasteiger partial charge in [-0.05, 0) is 25.7 Å². The third kappa shape index (κ3) is 1.95. The maximum atomic E-state index is 9.23. The molecule has 0 amide bonds. The summed E-state index contributed by atoms with van der Waals surface area (Å²) in [5, 5.41) is 16.7. The molecule has 0 saturated heterocycles. The third-order valence-electron chi connectivity index (χ3n) is 3.16. The van der Waals surface area contributed by atoms with Crippen molar-refractivity contribution in [3.63, 3.8) is 0 Å². The molecule has 1 aliphatic carbocycles. The van der Waals surface area contributed by atoms with Crippen LogP contribution in [0.25, 0.3) is 5.78 Å². The Morgan fingerprint density at radius 3 is 3.12 bits per heavy atom. The summed E-state index contributed by atoms with van der Waals surface area (Å²) in [6.07, 6.45) is 3.17. The monoisotopic (exact) mass is 233 g/mol. The summed E-state index contributed by atoms with van der Waals surface area (Å²) in [5.74, 6) is 2.07. The van der Waals surface area contributed by atoms with E-state index in [0.29, 0.717) is 11.7 Å². The Morgan fingerprint density at radius 1 is 1.53 bits per heavy atom. The molecule has 17 heavy (non-hydrogen) atoms. The van der Waals surface area contributed by atoms with E-state index < -0.39 is 0 Å². The zero-order valence-electron chi connectivity index (χ0n) is 9.67. The standard InChI is InChI=1S/C11H15N5O/c1-7-2-10(12-5-8-3-9(17)4-8)16-11(15-7)13-6-14-16/h2,6,8-9,12,17H,3-5H2,1H3. The highest BCUT2D eigenvalue weighted by Crippen LogP contribution is 2.27. The molecule has 1 aliphatic rings. The molecule has 0 aliphatic heterocycles. The molecular weight excluding hydrogens is 218 g/mol.